The summed E-state index contributed by atoms with van der Waals surface area (Å²) in [5, 5.41) is 10.3. The van der Waals surface area contributed by atoms with Crippen molar-refractivity contribution in [2.45, 2.75) is 6.42 Å². The highest BCUT2D eigenvalue weighted by Gasteiger charge is 2.16. The molecule has 0 radical (unpaired) electrons. The lowest BCUT2D eigenvalue weighted by Crippen LogP contribution is -2.32. The van der Waals surface area contributed by atoms with Gasteiger partial charge < -0.3 is 35.3 Å². The molecule has 0 bridgehead atoms. The molecule has 13 heteroatoms. The van der Waals surface area contributed by atoms with Crippen LogP contribution in [0.2, 0.25) is 0 Å². The zero-order valence-corrected chi connectivity index (χ0v) is 17.9. The van der Waals surface area contributed by atoms with Gasteiger partial charge in [0.25, 0.3) is 11.8 Å². The number of hydrogen-bond acceptors (Lipinski definition) is 7. The zero-order valence-electron chi connectivity index (χ0n) is 17.9. The number of aryl methyl sites for hydroxylation is 2. The van der Waals surface area contributed by atoms with Crippen molar-refractivity contribution in [3.05, 3.63) is 24.0 Å². The largest absolute Gasteiger partial charge is 0.349 e. The van der Waals surface area contributed by atoms with Crippen molar-refractivity contribution in [3.8, 4) is 0 Å². The van der Waals surface area contributed by atoms with Gasteiger partial charge in [-0.25, -0.2) is 9.97 Å². The van der Waals surface area contributed by atoms with Crippen LogP contribution in [0.15, 0.2) is 12.4 Å². The fourth-order valence-electron chi connectivity index (χ4n) is 2.59. The predicted molar refractivity (Wildman–Crippen MR) is 113 cm³/mol. The van der Waals surface area contributed by atoms with Gasteiger partial charge in [0.05, 0.1) is 0 Å². The summed E-state index contributed by atoms with van der Waals surface area (Å²) in [6, 6.07) is 0. The van der Waals surface area contributed by atoms with Crippen LogP contribution in [0.4, 0.5) is 11.6 Å². The van der Waals surface area contributed by atoms with Gasteiger partial charge in [0.15, 0.2) is 11.6 Å². The van der Waals surface area contributed by atoms with Crippen molar-refractivity contribution in [3.63, 3.8) is 0 Å². The number of amides is 4. The Bertz CT molecular complexity index is 948. The summed E-state index contributed by atoms with van der Waals surface area (Å²) in [5.41, 5.74) is 0. The van der Waals surface area contributed by atoms with Gasteiger partial charge in [-0.1, -0.05) is 0 Å². The minimum Gasteiger partial charge on any atom is -0.349 e. The van der Waals surface area contributed by atoms with E-state index in [4.69, 9.17) is 0 Å². The van der Waals surface area contributed by atoms with E-state index in [2.05, 4.69) is 31.2 Å². The molecule has 2 aromatic heterocycles. The van der Waals surface area contributed by atoms with Gasteiger partial charge in [-0.05, 0) is 14.1 Å². The third kappa shape index (κ3) is 6.92. The Balaban J connectivity index is 1.81. The molecule has 0 atom stereocenters. The van der Waals surface area contributed by atoms with E-state index in [1.54, 1.807) is 14.1 Å². The zero-order chi connectivity index (χ0) is 23.0. The molecule has 2 rings (SSSR count). The van der Waals surface area contributed by atoms with Gasteiger partial charge in [0.2, 0.25) is 24.0 Å². The first-order valence-corrected chi connectivity index (χ1v) is 9.49. The van der Waals surface area contributed by atoms with E-state index in [9.17, 15) is 19.2 Å². The Hall–Kier alpha value is -3.74. The molecule has 0 aliphatic rings. The molecule has 2 heterocycles. The number of rotatable bonds is 11. The lowest BCUT2D eigenvalue weighted by atomic mass is 10.4. The van der Waals surface area contributed by atoms with Crippen molar-refractivity contribution in [1.82, 2.24) is 34.6 Å². The van der Waals surface area contributed by atoms with Crippen LogP contribution in [0.25, 0.3) is 0 Å². The topological polar surface area (TPSA) is 155 Å². The monoisotopic (exact) mass is 433 g/mol. The molecule has 13 nitrogen and oxygen atoms in total. The van der Waals surface area contributed by atoms with Crippen LogP contribution < -0.4 is 21.3 Å². The number of aromatic nitrogens is 4. The quantitative estimate of drug-likeness (QED) is 0.323. The fraction of sp³-hybridized carbons (Fsp3) is 0.444. The van der Waals surface area contributed by atoms with Gasteiger partial charge in [-0.3, -0.25) is 19.2 Å². The SMILES string of the molecule is CN(C)CCNC(=O)c1nc(NC(=O)CCNC(=O)c2nc(NC=O)cn2C)cn1C. The van der Waals surface area contributed by atoms with E-state index >= 15 is 0 Å². The molecule has 4 N–H and O–H groups in total. The van der Waals surface area contributed by atoms with Gasteiger partial charge in [-0.15, -0.1) is 0 Å². The number of imidazole rings is 2. The molecular weight excluding hydrogens is 406 g/mol. The van der Waals surface area contributed by atoms with Crippen molar-refractivity contribution in [1.29, 1.82) is 0 Å². The predicted octanol–water partition coefficient (Wildman–Crippen LogP) is -1.23. The maximum Gasteiger partial charge on any atom is 0.287 e. The summed E-state index contributed by atoms with van der Waals surface area (Å²) in [7, 11) is 7.08. The molecule has 0 fully saturated rings. The third-order valence-corrected chi connectivity index (χ3v) is 4.12. The number of nitrogens with one attached hydrogen (secondary N) is 4. The number of carbonyl (C=O) groups is 4. The summed E-state index contributed by atoms with van der Waals surface area (Å²) in [5.74, 6) is -0.431. The van der Waals surface area contributed by atoms with Crippen molar-refractivity contribution in [2.75, 3.05) is 44.4 Å². The molecule has 0 aliphatic heterocycles. The van der Waals surface area contributed by atoms with Crippen molar-refractivity contribution < 1.29 is 19.2 Å². The first-order valence-electron chi connectivity index (χ1n) is 9.49. The summed E-state index contributed by atoms with van der Waals surface area (Å²) in [4.78, 5) is 57.0. The number of hydrogen-bond donors (Lipinski definition) is 4. The first-order chi connectivity index (χ1) is 14.7. The average Bonchev–Trinajstić information content (AvgIpc) is 3.23. The van der Waals surface area contributed by atoms with Crippen LogP contribution in [0.1, 0.15) is 27.7 Å². The van der Waals surface area contributed by atoms with E-state index in [0.29, 0.717) is 19.5 Å². The maximum absolute atomic E-state index is 12.2. The molecular formula is C18H27N9O4. The number of carbonyl (C=O) groups excluding carboxylic acids is 4. The summed E-state index contributed by atoms with van der Waals surface area (Å²) in [6.45, 7) is 1.24. The highest BCUT2D eigenvalue weighted by atomic mass is 16.2. The van der Waals surface area contributed by atoms with Crippen LogP contribution in [0.3, 0.4) is 0 Å². The molecule has 0 spiro atoms. The lowest BCUT2D eigenvalue weighted by Gasteiger charge is -2.09. The van der Waals surface area contributed by atoms with Crippen LogP contribution >= 0.6 is 0 Å². The highest BCUT2D eigenvalue weighted by Crippen LogP contribution is 2.08. The molecule has 0 aliphatic carbocycles. The molecule has 4 amide bonds. The fourth-order valence-corrected chi connectivity index (χ4v) is 2.59. The average molecular weight is 433 g/mol. The molecule has 0 saturated heterocycles. The number of anilines is 2. The van der Waals surface area contributed by atoms with Gasteiger partial charge in [-0.2, -0.15) is 0 Å². The van der Waals surface area contributed by atoms with Crippen molar-refractivity contribution in [2.24, 2.45) is 14.1 Å². The smallest absolute Gasteiger partial charge is 0.287 e. The molecule has 2 aromatic rings. The van der Waals surface area contributed by atoms with E-state index in [1.807, 2.05) is 19.0 Å². The maximum atomic E-state index is 12.2. The van der Waals surface area contributed by atoms with Crippen LogP contribution in [-0.4, -0.2) is 81.9 Å². The molecule has 0 unspecified atom stereocenters. The lowest BCUT2D eigenvalue weighted by molar-refractivity contribution is -0.116. The van der Waals surface area contributed by atoms with Crippen LogP contribution in [0, 0.1) is 0 Å². The summed E-state index contributed by atoms with van der Waals surface area (Å²) < 4.78 is 2.98. The Kier molecular flexibility index (Phi) is 8.25. The Morgan fingerprint density at radius 1 is 0.968 bits per heavy atom. The highest BCUT2D eigenvalue weighted by molar-refractivity contribution is 5.94. The molecule has 168 valence electrons. The Morgan fingerprint density at radius 2 is 1.52 bits per heavy atom. The minimum atomic E-state index is -0.483. The Morgan fingerprint density at radius 3 is 2.10 bits per heavy atom. The van der Waals surface area contributed by atoms with E-state index in [0.717, 1.165) is 0 Å². The molecule has 0 aromatic carbocycles. The second-order valence-electron chi connectivity index (χ2n) is 7.00. The van der Waals surface area contributed by atoms with Gasteiger partial charge in [0.1, 0.15) is 0 Å². The number of likely N-dealkylation sites (N-methyl/N-ethyl adjacent to an activating group) is 1. The minimum absolute atomic E-state index is 0.00343. The van der Waals surface area contributed by atoms with Gasteiger partial charge >= 0.3 is 0 Å². The van der Waals surface area contributed by atoms with Crippen molar-refractivity contribution >= 4 is 35.8 Å². The van der Waals surface area contributed by atoms with E-state index in [1.165, 1.54) is 21.5 Å². The number of nitrogens with zero attached hydrogens (tertiary/aromatic N) is 5. The van der Waals surface area contributed by atoms with E-state index < -0.39 is 5.91 Å². The Labute approximate surface area is 179 Å². The standard InChI is InChI=1S/C18H27N9O4/c1-25(2)8-7-20-18(31)16-24-13(10-27(16)4)22-14(29)5-6-19-17(30)15-23-12(21-11-28)9-26(15)3/h9-11H,5-8H2,1-4H3,(H,19,30)(H,20,31)(H,21,28)(H,22,29). The first kappa shape index (κ1) is 23.5. The van der Waals surface area contributed by atoms with E-state index in [-0.39, 0.29) is 48.1 Å². The normalized spacial score (nSPS) is 10.6. The van der Waals surface area contributed by atoms with Crippen LogP contribution in [0.5, 0.6) is 0 Å². The summed E-state index contributed by atoms with van der Waals surface area (Å²) in [6.07, 6.45) is 3.49. The third-order valence-electron chi connectivity index (χ3n) is 4.12. The molecule has 0 saturated carbocycles. The molecule has 31 heavy (non-hydrogen) atoms. The van der Waals surface area contributed by atoms with Gasteiger partial charge in [0, 0.05) is 52.5 Å². The van der Waals surface area contributed by atoms with Crippen LogP contribution in [-0.2, 0) is 23.7 Å². The summed E-state index contributed by atoms with van der Waals surface area (Å²) >= 11 is 0. The second kappa shape index (κ2) is 10.9. The second-order valence-corrected chi connectivity index (χ2v) is 7.00.